The molecule has 1 amide bonds. The second-order valence-electron chi connectivity index (χ2n) is 5.75. The van der Waals surface area contributed by atoms with E-state index in [2.05, 4.69) is 5.32 Å². The predicted octanol–water partition coefficient (Wildman–Crippen LogP) is 2.24. The van der Waals surface area contributed by atoms with Gasteiger partial charge in [-0.2, -0.15) is 0 Å². The first-order valence-electron chi connectivity index (χ1n) is 7.52. The Morgan fingerprint density at radius 1 is 1.38 bits per heavy atom. The number of rotatable bonds is 3. The lowest BCUT2D eigenvalue weighted by Crippen LogP contribution is -2.44. The maximum atomic E-state index is 12.9. The summed E-state index contributed by atoms with van der Waals surface area (Å²) in [6.07, 6.45) is 2.01. The second kappa shape index (κ2) is 6.34. The zero-order chi connectivity index (χ0) is 14.8. The van der Waals surface area contributed by atoms with Crippen LogP contribution in [0.15, 0.2) is 24.3 Å². The molecule has 0 bridgehead atoms. The van der Waals surface area contributed by atoms with Gasteiger partial charge in [0.05, 0.1) is 25.2 Å². The summed E-state index contributed by atoms with van der Waals surface area (Å²) in [4.78, 5) is 14.9. The molecule has 21 heavy (non-hydrogen) atoms. The number of likely N-dealkylation sites (N-methyl/N-ethyl adjacent to an activating group) is 1. The molecule has 3 unspecified atom stereocenters. The van der Waals surface area contributed by atoms with Crippen LogP contribution in [0.1, 0.15) is 24.4 Å². The number of benzene rings is 1. The Bertz CT molecular complexity index is 523. The van der Waals surface area contributed by atoms with Gasteiger partial charge in [0.25, 0.3) is 0 Å². The fourth-order valence-electron chi connectivity index (χ4n) is 3.39. The smallest absolute Gasteiger partial charge is 0.230 e. The van der Waals surface area contributed by atoms with Gasteiger partial charge < -0.3 is 15.0 Å². The molecule has 0 saturated carbocycles. The second-order valence-corrected chi connectivity index (χ2v) is 6.16. The molecule has 2 heterocycles. The van der Waals surface area contributed by atoms with Crippen LogP contribution < -0.4 is 5.32 Å². The summed E-state index contributed by atoms with van der Waals surface area (Å²) in [6, 6.07) is 8.05. The van der Waals surface area contributed by atoms with Gasteiger partial charge in [0, 0.05) is 17.6 Å². The Kier molecular flexibility index (Phi) is 4.48. The Morgan fingerprint density at radius 3 is 2.95 bits per heavy atom. The lowest BCUT2D eigenvalue weighted by atomic mass is 9.99. The van der Waals surface area contributed by atoms with Crippen LogP contribution in [0.3, 0.4) is 0 Å². The molecule has 2 aliphatic rings. The summed E-state index contributed by atoms with van der Waals surface area (Å²) < 4.78 is 5.47. The molecular weight excluding hydrogens is 288 g/mol. The van der Waals surface area contributed by atoms with Crippen molar-refractivity contribution in [1.82, 2.24) is 10.2 Å². The van der Waals surface area contributed by atoms with E-state index in [1.807, 2.05) is 36.2 Å². The van der Waals surface area contributed by atoms with Crippen molar-refractivity contribution < 1.29 is 9.53 Å². The predicted molar refractivity (Wildman–Crippen MR) is 82.3 cm³/mol. The molecule has 0 aliphatic carbocycles. The number of carbonyl (C=O) groups is 1. The van der Waals surface area contributed by atoms with Crippen molar-refractivity contribution in [3.8, 4) is 0 Å². The van der Waals surface area contributed by atoms with Gasteiger partial charge in [0.15, 0.2) is 0 Å². The number of halogens is 1. The highest BCUT2D eigenvalue weighted by atomic mass is 35.5. The largest absolute Gasteiger partial charge is 0.379 e. The number of hydrogen-bond acceptors (Lipinski definition) is 3. The molecule has 1 aromatic carbocycles. The van der Waals surface area contributed by atoms with Crippen molar-refractivity contribution >= 4 is 17.5 Å². The Balaban J connectivity index is 1.81. The first-order chi connectivity index (χ1) is 10.2. The molecule has 1 N–H and O–H groups in total. The molecule has 4 nitrogen and oxygen atoms in total. The van der Waals surface area contributed by atoms with E-state index < -0.39 is 0 Å². The summed E-state index contributed by atoms with van der Waals surface area (Å²) in [5, 5.41) is 3.93. The topological polar surface area (TPSA) is 41.6 Å². The zero-order valence-electron chi connectivity index (χ0n) is 12.2. The van der Waals surface area contributed by atoms with Crippen molar-refractivity contribution in [2.75, 3.05) is 26.8 Å². The van der Waals surface area contributed by atoms with Gasteiger partial charge in [0.1, 0.15) is 0 Å². The Labute approximate surface area is 130 Å². The molecule has 0 aromatic heterocycles. The minimum Gasteiger partial charge on any atom is -0.379 e. The van der Waals surface area contributed by atoms with Crippen molar-refractivity contribution in [2.24, 2.45) is 5.92 Å². The third kappa shape index (κ3) is 2.80. The molecule has 2 fully saturated rings. The molecule has 3 atom stereocenters. The first-order valence-corrected chi connectivity index (χ1v) is 7.90. The maximum absolute atomic E-state index is 12.9. The molecule has 0 radical (unpaired) electrons. The van der Waals surface area contributed by atoms with Crippen LogP contribution >= 0.6 is 11.6 Å². The van der Waals surface area contributed by atoms with E-state index in [1.54, 1.807) is 0 Å². The number of hydrogen-bond donors (Lipinski definition) is 1. The van der Waals surface area contributed by atoms with E-state index >= 15 is 0 Å². The van der Waals surface area contributed by atoms with Crippen LogP contribution in [0.4, 0.5) is 0 Å². The van der Waals surface area contributed by atoms with E-state index in [9.17, 15) is 4.79 Å². The maximum Gasteiger partial charge on any atom is 0.230 e. The van der Waals surface area contributed by atoms with Crippen LogP contribution in [0.5, 0.6) is 0 Å². The van der Waals surface area contributed by atoms with Gasteiger partial charge in [-0.15, -0.1) is 0 Å². The molecule has 0 spiro atoms. The van der Waals surface area contributed by atoms with Crippen molar-refractivity contribution in [1.29, 1.82) is 0 Å². The van der Waals surface area contributed by atoms with Gasteiger partial charge in [-0.05, 0) is 31.5 Å². The summed E-state index contributed by atoms with van der Waals surface area (Å²) in [5.41, 5.74) is 1.06. The Morgan fingerprint density at radius 2 is 2.19 bits per heavy atom. The molecular formula is C16H21ClN2O2. The van der Waals surface area contributed by atoms with E-state index in [1.165, 1.54) is 0 Å². The van der Waals surface area contributed by atoms with Gasteiger partial charge in [-0.25, -0.2) is 0 Å². The highest BCUT2D eigenvalue weighted by Gasteiger charge is 2.40. The first kappa shape index (κ1) is 14.8. The van der Waals surface area contributed by atoms with E-state index in [4.69, 9.17) is 16.3 Å². The molecule has 1 aromatic rings. The highest BCUT2D eigenvalue weighted by molar-refractivity contribution is 6.31. The fourth-order valence-corrected chi connectivity index (χ4v) is 3.66. The fraction of sp³-hybridized carbons (Fsp3) is 0.562. The zero-order valence-corrected chi connectivity index (χ0v) is 13.0. The standard InChI is InChI=1S/C16H21ClN2O2/c1-18-14-10-21-9-12(14)16(20)19-8-4-7-15(19)11-5-2-3-6-13(11)17/h2-3,5-6,12,14-15,18H,4,7-10H2,1H3. The minimum absolute atomic E-state index is 0.0851. The average molecular weight is 309 g/mol. The molecule has 3 rings (SSSR count). The van der Waals surface area contributed by atoms with Gasteiger partial charge >= 0.3 is 0 Å². The van der Waals surface area contributed by atoms with E-state index in [0.717, 1.165) is 30.0 Å². The van der Waals surface area contributed by atoms with Crippen LogP contribution in [-0.4, -0.2) is 43.7 Å². The van der Waals surface area contributed by atoms with Crippen molar-refractivity contribution in [3.05, 3.63) is 34.9 Å². The lowest BCUT2D eigenvalue weighted by Gasteiger charge is -2.29. The molecule has 114 valence electrons. The number of nitrogens with zero attached hydrogens (tertiary/aromatic N) is 1. The van der Waals surface area contributed by atoms with Crippen molar-refractivity contribution in [2.45, 2.75) is 24.9 Å². The normalized spacial score (nSPS) is 29.0. The average Bonchev–Trinajstić information content (AvgIpc) is 3.16. The third-order valence-corrected chi connectivity index (χ3v) is 4.91. The summed E-state index contributed by atoms with van der Waals surface area (Å²) in [7, 11) is 1.88. The summed E-state index contributed by atoms with van der Waals surface area (Å²) in [6.45, 7) is 1.93. The van der Waals surface area contributed by atoms with Crippen LogP contribution in [-0.2, 0) is 9.53 Å². The van der Waals surface area contributed by atoms with Gasteiger partial charge in [0.2, 0.25) is 5.91 Å². The number of amides is 1. The third-order valence-electron chi connectivity index (χ3n) is 4.57. The number of nitrogens with one attached hydrogen (secondary N) is 1. The summed E-state index contributed by atoms with van der Waals surface area (Å²) >= 11 is 6.31. The van der Waals surface area contributed by atoms with Crippen LogP contribution in [0, 0.1) is 5.92 Å². The van der Waals surface area contributed by atoms with E-state index in [-0.39, 0.29) is 23.9 Å². The number of carbonyl (C=O) groups excluding carboxylic acids is 1. The van der Waals surface area contributed by atoms with Crippen molar-refractivity contribution in [3.63, 3.8) is 0 Å². The SMILES string of the molecule is CNC1COCC1C(=O)N1CCCC1c1ccccc1Cl. The molecule has 2 aliphatic heterocycles. The minimum atomic E-state index is -0.0851. The van der Waals surface area contributed by atoms with Gasteiger partial charge in [-0.1, -0.05) is 29.8 Å². The quantitative estimate of drug-likeness (QED) is 0.931. The lowest BCUT2D eigenvalue weighted by molar-refractivity contribution is -0.137. The molecule has 5 heteroatoms. The number of ether oxygens (including phenoxy) is 1. The summed E-state index contributed by atoms with van der Waals surface area (Å²) in [5.74, 6) is 0.104. The van der Waals surface area contributed by atoms with Crippen LogP contribution in [0.2, 0.25) is 5.02 Å². The van der Waals surface area contributed by atoms with Gasteiger partial charge in [-0.3, -0.25) is 4.79 Å². The molecule has 2 saturated heterocycles. The van der Waals surface area contributed by atoms with Crippen LogP contribution in [0.25, 0.3) is 0 Å². The monoisotopic (exact) mass is 308 g/mol. The van der Waals surface area contributed by atoms with E-state index in [0.29, 0.717) is 13.2 Å². The number of likely N-dealkylation sites (tertiary alicyclic amines) is 1. The highest BCUT2D eigenvalue weighted by Crippen LogP contribution is 2.37. The Hall–Kier alpha value is -1.10.